The number of aryl methyl sites for hydroxylation is 2. The van der Waals surface area contributed by atoms with Crippen LogP contribution in [0.4, 0.5) is 0 Å². The molecule has 1 aromatic carbocycles. The van der Waals surface area contributed by atoms with E-state index in [1.54, 1.807) is 25.0 Å². The fourth-order valence-electron chi connectivity index (χ4n) is 3.12. The summed E-state index contributed by atoms with van der Waals surface area (Å²) in [5, 5.41) is 7.72. The molecule has 10 heteroatoms. The summed E-state index contributed by atoms with van der Waals surface area (Å²) in [6, 6.07) is 9.95. The summed E-state index contributed by atoms with van der Waals surface area (Å²) >= 11 is 1.48. The van der Waals surface area contributed by atoms with Crippen molar-refractivity contribution >= 4 is 35.1 Å². The van der Waals surface area contributed by atoms with Crippen LogP contribution in [0.5, 0.6) is 0 Å². The van der Waals surface area contributed by atoms with Gasteiger partial charge >= 0.3 is 5.69 Å². The van der Waals surface area contributed by atoms with Gasteiger partial charge in [-0.2, -0.15) is 0 Å². The third-order valence-electron chi connectivity index (χ3n) is 4.67. The quantitative estimate of drug-likeness (QED) is 0.360. The van der Waals surface area contributed by atoms with Crippen molar-refractivity contribution in [2.24, 2.45) is 14.1 Å². The molecule has 0 aliphatic heterocycles. The molecule has 3 heterocycles. The summed E-state index contributed by atoms with van der Waals surface area (Å²) in [7, 11) is 3.37. The maximum absolute atomic E-state index is 12.7. The standard InChI is InChI=1S/C20H21N7O2S/c1-25-13-21-17-16(25)18(28)27(20(29)26(17)2)11-6-12-30-19-22-15(23-24-19)10-9-14-7-4-3-5-8-14/h3-5,7-10,13H,6,11-12H2,1-2H3,(H,22,23,24)/b10-9+. The molecule has 154 valence electrons. The van der Waals surface area contributed by atoms with Crippen molar-refractivity contribution in [2.45, 2.75) is 18.1 Å². The molecule has 4 aromatic rings. The molecule has 0 spiro atoms. The van der Waals surface area contributed by atoms with Gasteiger partial charge in [0.1, 0.15) is 5.82 Å². The first-order valence-corrected chi connectivity index (χ1v) is 10.4. The number of imidazole rings is 1. The molecule has 0 atom stereocenters. The molecule has 0 aliphatic carbocycles. The van der Waals surface area contributed by atoms with E-state index >= 15 is 0 Å². The Morgan fingerprint density at radius 2 is 1.93 bits per heavy atom. The van der Waals surface area contributed by atoms with Crippen LogP contribution in [-0.4, -0.2) is 39.6 Å². The van der Waals surface area contributed by atoms with Crippen LogP contribution in [0, 0.1) is 0 Å². The Kier molecular flexibility index (Phi) is 5.66. The van der Waals surface area contributed by atoms with Crippen molar-refractivity contribution in [3.8, 4) is 0 Å². The smallest absolute Gasteiger partial charge is 0.328 e. The Hall–Kier alpha value is -3.40. The van der Waals surface area contributed by atoms with Crippen LogP contribution >= 0.6 is 11.8 Å². The van der Waals surface area contributed by atoms with E-state index in [0.29, 0.717) is 40.9 Å². The van der Waals surface area contributed by atoms with E-state index in [9.17, 15) is 9.59 Å². The van der Waals surface area contributed by atoms with Crippen LogP contribution in [0.2, 0.25) is 0 Å². The van der Waals surface area contributed by atoms with Crippen LogP contribution in [-0.2, 0) is 20.6 Å². The van der Waals surface area contributed by atoms with Crippen molar-refractivity contribution in [1.82, 2.24) is 33.9 Å². The van der Waals surface area contributed by atoms with Crippen LogP contribution in [0.25, 0.3) is 23.3 Å². The lowest BCUT2D eigenvalue weighted by atomic mass is 10.2. The van der Waals surface area contributed by atoms with Gasteiger partial charge in [0.2, 0.25) is 5.16 Å². The number of aromatic amines is 1. The molecule has 3 aromatic heterocycles. The van der Waals surface area contributed by atoms with Gasteiger partial charge in [-0.3, -0.25) is 19.0 Å². The number of hydrogen-bond acceptors (Lipinski definition) is 6. The first-order chi connectivity index (χ1) is 14.5. The lowest BCUT2D eigenvalue weighted by molar-refractivity contribution is 0.594. The largest absolute Gasteiger partial charge is 0.332 e. The molecule has 0 fully saturated rings. The average molecular weight is 424 g/mol. The van der Waals surface area contributed by atoms with Crippen molar-refractivity contribution in [2.75, 3.05) is 5.75 Å². The zero-order valence-corrected chi connectivity index (χ0v) is 17.5. The Balaban J connectivity index is 1.38. The van der Waals surface area contributed by atoms with Gasteiger partial charge in [-0.15, -0.1) is 5.10 Å². The van der Waals surface area contributed by atoms with Crippen LogP contribution in [0.3, 0.4) is 0 Å². The first kappa shape index (κ1) is 19.9. The summed E-state index contributed by atoms with van der Waals surface area (Å²) < 4.78 is 4.31. The van der Waals surface area contributed by atoms with E-state index < -0.39 is 0 Å². The Morgan fingerprint density at radius 1 is 1.13 bits per heavy atom. The number of hydrogen-bond donors (Lipinski definition) is 1. The highest BCUT2D eigenvalue weighted by Gasteiger charge is 2.14. The summed E-state index contributed by atoms with van der Waals surface area (Å²) in [6.45, 7) is 0.324. The third-order valence-corrected chi connectivity index (χ3v) is 5.61. The van der Waals surface area contributed by atoms with E-state index in [-0.39, 0.29) is 11.2 Å². The molecule has 30 heavy (non-hydrogen) atoms. The number of rotatable bonds is 7. The van der Waals surface area contributed by atoms with Gasteiger partial charge in [-0.05, 0) is 18.1 Å². The number of aromatic nitrogens is 7. The normalized spacial score (nSPS) is 11.7. The molecule has 4 rings (SSSR count). The van der Waals surface area contributed by atoms with Gasteiger partial charge < -0.3 is 4.57 Å². The van der Waals surface area contributed by atoms with Gasteiger partial charge in [0.15, 0.2) is 11.2 Å². The topological polar surface area (TPSA) is 103 Å². The minimum absolute atomic E-state index is 0.315. The van der Waals surface area contributed by atoms with Gasteiger partial charge in [0.05, 0.1) is 6.33 Å². The lowest BCUT2D eigenvalue weighted by Crippen LogP contribution is -2.39. The molecular formula is C20H21N7O2S. The Morgan fingerprint density at radius 3 is 2.73 bits per heavy atom. The Labute approximate surface area is 176 Å². The molecule has 0 unspecified atom stereocenters. The maximum Gasteiger partial charge on any atom is 0.332 e. The van der Waals surface area contributed by atoms with Crippen molar-refractivity contribution in [3.63, 3.8) is 0 Å². The number of H-pyrrole nitrogens is 1. The van der Waals surface area contributed by atoms with Gasteiger partial charge in [0.25, 0.3) is 5.56 Å². The zero-order chi connectivity index (χ0) is 21.1. The molecular weight excluding hydrogens is 402 g/mol. The molecule has 1 N–H and O–H groups in total. The van der Waals surface area contributed by atoms with E-state index in [1.807, 2.05) is 42.5 Å². The molecule has 0 amide bonds. The second-order valence-corrected chi connectivity index (χ2v) is 7.84. The molecule has 0 aliphatic rings. The number of fused-ring (bicyclic) bond motifs is 1. The average Bonchev–Trinajstić information content (AvgIpc) is 3.37. The molecule has 0 saturated carbocycles. The number of benzene rings is 1. The van der Waals surface area contributed by atoms with Gasteiger partial charge in [-0.25, -0.2) is 14.8 Å². The third kappa shape index (κ3) is 3.99. The van der Waals surface area contributed by atoms with Crippen molar-refractivity contribution in [3.05, 3.63) is 68.9 Å². The first-order valence-electron chi connectivity index (χ1n) is 9.44. The highest BCUT2D eigenvalue weighted by Crippen LogP contribution is 2.15. The second kappa shape index (κ2) is 8.54. The minimum Gasteiger partial charge on any atom is -0.328 e. The van der Waals surface area contributed by atoms with Gasteiger partial charge in [-0.1, -0.05) is 48.2 Å². The predicted molar refractivity (Wildman–Crippen MR) is 117 cm³/mol. The molecule has 0 saturated heterocycles. The number of thioether (sulfide) groups is 1. The van der Waals surface area contributed by atoms with Crippen molar-refractivity contribution < 1.29 is 0 Å². The van der Waals surface area contributed by atoms with Crippen LogP contribution in [0.1, 0.15) is 17.8 Å². The van der Waals surface area contributed by atoms with Crippen molar-refractivity contribution in [1.29, 1.82) is 0 Å². The van der Waals surface area contributed by atoms with Crippen LogP contribution in [0.15, 0.2) is 51.4 Å². The maximum atomic E-state index is 12.7. The van der Waals surface area contributed by atoms with E-state index in [1.165, 1.54) is 20.9 Å². The summed E-state index contributed by atoms with van der Waals surface area (Å²) in [5.74, 6) is 1.35. The second-order valence-electron chi connectivity index (χ2n) is 6.78. The number of nitrogens with one attached hydrogen (secondary N) is 1. The molecule has 0 bridgehead atoms. The van der Waals surface area contributed by atoms with E-state index in [0.717, 1.165) is 5.56 Å². The predicted octanol–water partition coefficient (Wildman–Crippen LogP) is 1.90. The van der Waals surface area contributed by atoms with Crippen LogP contribution < -0.4 is 11.2 Å². The lowest BCUT2D eigenvalue weighted by Gasteiger charge is -2.08. The molecule has 0 radical (unpaired) electrons. The minimum atomic E-state index is -0.359. The zero-order valence-electron chi connectivity index (χ0n) is 16.6. The molecule has 9 nitrogen and oxygen atoms in total. The number of nitrogens with zero attached hydrogens (tertiary/aromatic N) is 6. The summed E-state index contributed by atoms with van der Waals surface area (Å²) in [4.78, 5) is 33.8. The van der Waals surface area contributed by atoms with E-state index in [2.05, 4.69) is 20.2 Å². The Bertz CT molecular complexity index is 1310. The van der Waals surface area contributed by atoms with E-state index in [4.69, 9.17) is 0 Å². The SMILES string of the molecule is Cn1cnc2c1c(=O)n(CCCSc1n[nH]c(/C=C/c3ccccc3)n1)c(=O)n2C. The highest BCUT2D eigenvalue weighted by atomic mass is 32.2. The fourth-order valence-corrected chi connectivity index (χ4v) is 3.85. The monoisotopic (exact) mass is 423 g/mol. The highest BCUT2D eigenvalue weighted by molar-refractivity contribution is 7.99. The fraction of sp³-hybridized carbons (Fsp3) is 0.250. The summed E-state index contributed by atoms with van der Waals surface area (Å²) in [5.41, 5.74) is 1.23. The summed E-state index contributed by atoms with van der Waals surface area (Å²) in [6.07, 6.45) is 6.01. The van der Waals surface area contributed by atoms with Gasteiger partial charge in [0, 0.05) is 26.4 Å².